The molecule has 2 rings (SSSR count). The molecule has 230 valence electrons. The largest absolute Gasteiger partial charge is 0.356 e. The first-order valence-corrected chi connectivity index (χ1v) is 14.3. The second-order valence-electron chi connectivity index (χ2n) is 10.7. The first-order chi connectivity index (χ1) is 19.3. The average Bonchev–Trinajstić information content (AvgIpc) is 2.90. The molecule has 0 aromatic heterocycles. The van der Waals surface area contributed by atoms with E-state index in [4.69, 9.17) is 5.73 Å². The second kappa shape index (κ2) is 21.6. The van der Waals surface area contributed by atoms with Crippen LogP contribution < -0.4 is 16.4 Å². The van der Waals surface area contributed by atoms with Crippen molar-refractivity contribution in [1.29, 1.82) is 0 Å². The number of halogens is 2. The molecule has 41 heavy (non-hydrogen) atoms. The molecule has 2 aromatic rings. The van der Waals surface area contributed by atoms with Crippen LogP contribution in [0.1, 0.15) is 80.2 Å². The van der Waals surface area contributed by atoms with Gasteiger partial charge in [0.05, 0.1) is 0 Å². The van der Waals surface area contributed by atoms with E-state index in [0.717, 1.165) is 6.07 Å². The van der Waals surface area contributed by atoms with E-state index in [2.05, 4.69) is 36.4 Å². The highest BCUT2D eigenvalue weighted by atomic mass is 19.1. The zero-order valence-corrected chi connectivity index (χ0v) is 25.8. The first-order valence-electron chi connectivity index (χ1n) is 14.3. The highest BCUT2D eigenvalue weighted by molar-refractivity contribution is 5.95. The van der Waals surface area contributed by atoms with Crippen LogP contribution in [-0.4, -0.2) is 62.3 Å². The van der Waals surface area contributed by atoms with E-state index < -0.39 is 11.6 Å². The van der Waals surface area contributed by atoms with Crippen LogP contribution in [-0.2, 0) is 4.79 Å². The molecule has 4 N–H and O–H groups in total. The van der Waals surface area contributed by atoms with Crippen molar-refractivity contribution in [2.75, 3.05) is 33.2 Å². The monoisotopic (exact) mass is 576 g/mol. The van der Waals surface area contributed by atoms with Crippen LogP contribution in [0.25, 0.3) is 0 Å². The van der Waals surface area contributed by atoms with E-state index in [1.165, 1.54) is 44.1 Å². The van der Waals surface area contributed by atoms with Gasteiger partial charge in [0.1, 0.15) is 17.9 Å². The standard InChI is InChI=1S/C18H27N3O3.C7H6F2.C7H17N/c1-12(2)9-20-17(23)13(3)7-16(19)10-21-18(24)15-6-4-5-14(8-15)11-22;1-5-2-6(8)4-7(9)3-5;1-4-6-8(3)7-5-2/h4-6,8,11-13,16H,7,9-10,19H2,1-3H3,(H,20,23)(H,21,24);2-4H,1H3;4-7H2,1-3H3. The van der Waals surface area contributed by atoms with Crippen molar-refractivity contribution in [2.24, 2.45) is 17.6 Å². The number of nitrogens with two attached hydrogens (primary N) is 1. The summed E-state index contributed by atoms with van der Waals surface area (Å²) in [6.07, 6.45) is 3.73. The SMILES string of the molecule is CC(C)CNC(=O)C(C)CC(N)CNC(=O)c1cccc(C=O)c1.CCCN(C)CCC.Cc1cc(F)cc(F)c1. The van der Waals surface area contributed by atoms with Gasteiger partial charge in [-0.25, -0.2) is 8.78 Å². The van der Waals surface area contributed by atoms with Crippen LogP contribution in [0.4, 0.5) is 8.78 Å². The van der Waals surface area contributed by atoms with E-state index in [9.17, 15) is 23.2 Å². The van der Waals surface area contributed by atoms with Crippen LogP contribution in [0.5, 0.6) is 0 Å². The van der Waals surface area contributed by atoms with Crippen molar-refractivity contribution in [3.05, 3.63) is 70.8 Å². The number of aldehydes is 1. The van der Waals surface area contributed by atoms with E-state index >= 15 is 0 Å². The van der Waals surface area contributed by atoms with Gasteiger partial charge in [0.2, 0.25) is 5.91 Å². The van der Waals surface area contributed by atoms with Crippen molar-refractivity contribution in [3.63, 3.8) is 0 Å². The number of hydrogen-bond acceptors (Lipinski definition) is 5. The van der Waals surface area contributed by atoms with Crippen LogP contribution in [0.15, 0.2) is 42.5 Å². The molecular formula is C32H50F2N4O3. The van der Waals surface area contributed by atoms with Crippen molar-refractivity contribution in [3.8, 4) is 0 Å². The van der Waals surface area contributed by atoms with Gasteiger partial charge in [0, 0.05) is 42.2 Å². The summed E-state index contributed by atoms with van der Waals surface area (Å²) >= 11 is 0. The molecule has 0 spiro atoms. The Morgan fingerprint density at radius 2 is 1.54 bits per heavy atom. The van der Waals surface area contributed by atoms with E-state index in [1.54, 1.807) is 25.1 Å². The third kappa shape index (κ3) is 18.7. The lowest BCUT2D eigenvalue weighted by Gasteiger charge is -2.18. The Labute approximate surface area is 245 Å². The molecule has 0 heterocycles. The maximum absolute atomic E-state index is 12.2. The molecule has 0 aliphatic carbocycles. The smallest absolute Gasteiger partial charge is 0.251 e. The normalized spacial score (nSPS) is 11.9. The van der Waals surface area contributed by atoms with Gasteiger partial charge in [0.25, 0.3) is 5.91 Å². The summed E-state index contributed by atoms with van der Waals surface area (Å²) in [5.74, 6) is -1.17. The van der Waals surface area contributed by atoms with Gasteiger partial charge in [-0.2, -0.15) is 0 Å². The Morgan fingerprint density at radius 1 is 0.951 bits per heavy atom. The average molecular weight is 577 g/mol. The summed E-state index contributed by atoms with van der Waals surface area (Å²) in [6.45, 7) is 15.4. The van der Waals surface area contributed by atoms with E-state index in [1.807, 2.05) is 20.8 Å². The van der Waals surface area contributed by atoms with Gasteiger partial charge in [-0.1, -0.05) is 46.8 Å². The topological polar surface area (TPSA) is 105 Å². The summed E-state index contributed by atoms with van der Waals surface area (Å²) in [4.78, 5) is 37.1. The summed E-state index contributed by atoms with van der Waals surface area (Å²) in [5.41, 5.74) is 7.46. The molecule has 2 atom stereocenters. The van der Waals surface area contributed by atoms with Gasteiger partial charge < -0.3 is 21.3 Å². The van der Waals surface area contributed by atoms with Gasteiger partial charge in [-0.3, -0.25) is 14.4 Å². The first kappa shape index (κ1) is 37.8. The van der Waals surface area contributed by atoms with Crippen molar-refractivity contribution in [1.82, 2.24) is 15.5 Å². The molecule has 7 nitrogen and oxygen atoms in total. The molecule has 0 aliphatic heterocycles. The molecule has 2 amide bonds. The van der Waals surface area contributed by atoms with E-state index in [-0.39, 0.29) is 30.3 Å². The quantitative estimate of drug-likeness (QED) is 0.278. The van der Waals surface area contributed by atoms with Crippen molar-refractivity contribution < 1.29 is 23.2 Å². The van der Waals surface area contributed by atoms with Crippen LogP contribution in [0.2, 0.25) is 0 Å². The lowest BCUT2D eigenvalue weighted by molar-refractivity contribution is -0.124. The second-order valence-corrected chi connectivity index (χ2v) is 10.7. The number of carbonyl (C=O) groups is 3. The molecule has 0 aliphatic rings. The molecule has 0 saturated carbocycles. The number of rotatable bonds is 13. The lowest BCUT2D eigenvalue weighted by Crippen LogP contribution is -2.41. The van der Waals surface area contributed by atoms with Crippen molar-refractivity contribution in [2.45, 2.75) is 66.8 Å². The van der Waals surface area contributed by atoms with Gasteiger partial charge in [-0.05, 0) is 82.1 Å². The minimum absolute atomic E-state index is 0.0239. The Morgan fingerprint density at radius 3 is 2.02 bits per heavy atom. The number of carbonyl (C=O) groups excluding carboxylic acids is 3. The fourth-order valence-electron chi connectivity index (χ4n) is 3.77. The maximum Gasteiger partial charge on any atom is 0.251 e. The number of nitrogens with one attached hydrogen (secondary N) is 2. The molecule has 0 fully saturated rings. The van der Waals surface area contributed by atoms with Gasteiger partial charge in [-0.15, -0.1) is 0 Å². The predicted molar refractivity (Wildman–Crippen MR) is 163 cm³/mol. The number of amides is 2. The zero-order valence-electron chi connectivity index (χ0n) is 25.8. The van der Waals surface area contributed by atoms with Crippen molar-refractivity contribution >= 4 is 18.1 Å². The molecular weight excluding hydrogens is 526 g/mol. The summed E-state index contributed by atoms with van der Waals surface area (Å²) in [7, 11) is 2.17. The highest BCUT2D eigenvalue weighted by Crippen LogP contribution is 2.07. The van der Waals surface area contributed by atoms with Crippen LogP contribution in [0, 0.1) is 30.4 Å². The Hall–Kier alpha value is -3.17. The minimum atomic E-state index is -0.521. The molecule has 0 saturated heterocycles. The molecule has 2 unspecified atom stereocenters. The maximum atomic E-state index is 12.2. The fourth-order valence-corrected chi connectivity index (χ4v) is 3.77. The third-order valence-electron chi connectivity index (χ3n) is 5.82. The Balaban J connectivity index is 0.000000762. The molecule has 9 heteroatoms. The summed E-state index contributed by atoms with van der Waals surface area (Å²) < 4.78 is 24.4. The van der Waals surface area contributed by atoms with Crippen LogP contribution in [0.3, 0.4) is 0 Å². The Kier molecular flexibility index (Phi) is 19.9. The molecule has 0 radical (unpaired) electrons. The summed E-state index contributed by atoms with van der Waals surface area (Å²) in [5, 5.41) is 5.61. The molecule has 2 aromatic carbocycles. The zero-order chi connectivity index (χ0) is 31.4. The summed E-state index contributed by atoms with van der Waals surface area (Å²) in [6, 6.07) is 9.54. The predicted octanol–water partition coefficient (Wildman–Crippen LogP) is 5.37. The number of hydrogen-bond donors (Lipinski definition) is 3. The number of benzene rings is 2. The van der Waals surface area contributed by atoms with E-state index in [0.29, 0.717) is 41.9 Å². The van der Waals surface area contributed by atoms with Gasteiger partial charge >= 0.3 is 0 Å². The fraction of sp³-hybridized carbons (Fsp3) is 0.531. The van der Waals surface area contributed by atoms with Crippen LogP contribution >= 0.6 is 0 Å². The molecule has 0 bridgehead atoms. The highest BCUT2D eigenvalue weighted by Gasteiger charge is 2.17. The van der Waals surface area contributed by atoms with Gasteiger partial charge in [0.15, 0.2) is 0 Å². The lowest BCUT2D eigenvalue weighted by atomic mass is 10.0. The number of aryl methyl sites for hydroxylation is 1. The third-order valence-corrected chi connectivity index (χ3v) is 5.82. The number of nitrogens with zero attached hydrogens (tertiary/aromatic N) is 1. The minimum Gasteiger partial charge on any atom is -0.356 e. The Bertz CT molecular complexity index is 993.